The lowest BCUT2D eigenvalue weighted by atomic mass is 10.2. The molecule has 100 valence electrons. The number of hydrogen-bond acceptors (Lipinski definition) is 2. The van der Waals surface area contributed by atoms with E-state index >= 15 is 0 Å². The highest BCUT2D eigenvalue weighted by Crippen LogP contribution is 2.18. The van der Waals surface area contributed by atoms with Crippen molar-refractivity contribution in [3.05, 3.63) is 28.7 Å². The van der Waals surface area contributed by atoms with Crippen LogP contribution in [0.25, 0.3) is 0 Å². The molecule has 1 fully saturated rings. The molecule has 0 saturated carbocycles. The number of hydrogen-bond donors (Lipinski definition) is 1. The first-order valence-corrected chi connectivity index (χ1v) is 8.35. The van der Waals surface area contributed by atoms with Crippen molar-refractivity contribution >= 4 is 31.8 Å². The highest BCUT2D eigenvalue weighted by atomic mass is 79.9. The Kier molecular flexibility index (Phi) is 4.64. The van der Waals surface area contributed by atoms with Crippen LogP contribution in [0.1, 0.15) is 25.7 Å². The Morgan fingerprint density at radius 3 is 2.11 bits per heavy atom. The van der Waals surface area contributed by atoms with Crippen molar-refractivity contribution < 1.29 is 8.42 Å². The van der Waals surface area contributed by atoms with Gasteiger partial charge in [0.25, 0.3) is 0 Å². The van der Waals surface area contributed by atoms with Gasteiger partial charge in [-0.1, -0.05) is 28.8 Å². The summed E-state index contributed by atoms with van der Waals surface area (Å²) in [5.74, 6) is 0. The van der Waals surface area contributed by atoms with Gasteiger partial charge in [0, 0.05) is 23.2 Å². The van der Waals surface area contributed by atoms with E-state index in [0.717, 1.165) is 30.2 Å². The van der Waals surface area contributed by atoms with E-state index in [1.54, 1.807) is 16.4 Å². The van der Waals surface area contributed by atoms with Crippen LogP contribution >= 0.6 is 15.9 Å². The minimum atomic E-state index is -3.40. The van der Waals surface area contributed by atoms with Crippen LogP contribution in [-0.2, 0) is 10.2 Å². The molecule has 0 unspecified atom stereocenters. The summed E-state index contributed by atoms with van der Waals surface area (Å²) >= 11 is 3.32. The van der Waals surface area contributed by atoms with Gasteiger partial charge in [0.1, 0.15) is 0 Å². The van der Waals surface area contributed by atoms with Crippen molar-refractivity contribution in [2.75, 3.05) is 17.8 Å². The highest BCUT2D eigenvalue weighted by Gasteiger charge is 2.22. The standard InChI is InChI=1S/C12H17BrN2O2S/c13-11-5-7-12(8-6-11)14-18(16,17)15-9-3-1-2-4-10-15/h5-8,14H,1-4,9-10H2. The quantitative estimate of drug-likeness (QED) is 0.924. The van der Waals surface area contributed by atoms with Crippen molar-refractivity contribution in [1.29, 1.82) is 0 Å². The number of rotatable bonds is 3. The SMILES string of the molecule is O=S(=O)(Nc1ccc(Br)cc1)N1CCCCCC1. The van der Waals surface area contributed by atoms with Gasteiger partial charge in [0.15, 0.2) is 0 Å². The second-order valence-corrected chi connectivity index (χ2v) is 7.01. The summed E-state index contributed by atoms with van der Waals surface area (Å²) < 4.78 is 29.5. The predicted molar refractivity (Wildman–Crippen MR) is 76.7 cm³/mol. The van der Waals surface area contributed by atoms with Crippen LogP contribution in [0.5, 0.6) is 0 Å². The predicted octanol–water partition coefficient (Wildman–Crippen LogP) is 2.98. The molecule has 0 spiro atoms. The second kappa shape index (κ2) is 6.04. The van der Waals surface area contributed by atoms with Crippen LogP contribution in [0, 0.1) is 0 Å². The summed E-state index contributed by atoms with van der Waals surface area (Å²) in [6.45, 7) is 1.23. The Labute approximate surface area is 117 Å². The third-order valence-electron chi connectivity index (χ3n) is 3.00. The van der Waals surface area contributed by atoms with E-state index in [0.29, 0.717) is 18.8 Å². The van der Waals surface area contributed by atoms with Crippen molar-refractivity contribution in [1.82, 2.24) is 4.31 Å². The van der Waals surface area contributed by atoms with Crippen LogP contribution in [0.2, 0.25) is 0 Å². The van der Waals surface area contributed by atoms with Gasteiger partial charge in [-0.15, -0.1) is 0 Å². The van der Waals surface area contributed by atoms with E-state index in [1.165, 1.54) is 0 Å². The van der Waals surface area contributed by atoms with E-state index < -0.39 is 10.2 Å². The average molecular weight is 333 g/mol. The maximum Gasteiger partial charge on any atom is 0.301 e. The van der Waals surface area contributed by atoms with Gasteiger partial charge < -0.3 is 0 Å². The fourth-order valence-electron chi connectivity index (χ4n) is 2.01. The Balaban J connectivity index is 2.08. The van der Waals surface area contributed by atoms with Gasteiger partial charge in [0.05, 0.1) is 0 Å². The normalized spacial score (nSPS) is 18.3. The Morgan fingerprint density at radius 2 is 1.56 bits per heavy atom. The molecule has 1 aliphatic heterocycles. The van der Waals surface area contributed by atoms with Gasteiger partial charge >= 0.3 is 10.2 Å². The van der Waals surface area contributed by atoms with Gasteiger partial charge in [-0.3, -0.25) is 4.72 Å². The summed E-state index contributed by atoms with van der Waals surface area (Å²) in [5, 5.41) is 0. The molecule has 0 amide bonds. The van der Waals surface area contributed by atoms with Crippen LogP contribution in [-0.4, -0.2) is 25.8 Å². The number of nitrogens with one attached hydrogen (secondary N) is 1. The van der Waals surface area contributed by atoms with E-state index in [2.05, 4.69) is 20.7 Å². The Bertz CT molecular complexity index is 479. The average Bonchev–Trinajstić information content (AvgIpc) is 2.61. The van der Waals surface area contributed by atoms with E-state index in [4.69, 9.17) is 0 Å². The van der Waals surface area contributed by atoms with Crippen molar-refractivity contribution in [3.63, 3.8) is 0 Å². The van der Waals surface area contributed by atoms with Gasteiger partial charge in [0.2, 0.25) is 0 Å². The molecule has 0 bridgehead atoms. The smallest absolute Gasteiger partial charge is 0.271 e. The highest BCUT2D eigenvalue weighted by molar-refractivity contribution is 9.10. The molecule has 0 aromatic heterocycles. The molecule has 0 radical (unpaired) electrons. The van der Waals surface area contributed by atoms with Crippen LogP contribution in [0.15, 0.2) is 28.7 Å². The number of benzene rings is 1. The summed E-state index contributed by atoms with van der Waals surface area (Å²) in [5.41, 5.74) is 0.599. The molecule has 4 nitrogen and oxygen atoms in total. The maximum atomic E-state index is 12.2. The summed E-state index contributed by atoms with van der Waals surface area (Å²) in [4.78, 5) is 0. The number of nitrogens with zero attached hydrogens (tertiary/aromatic N) is 1. The third kappa shape index (κ3) is 3.70. The molecule has 18 heavy (non-hydrogen) atoms. The molecule has 1 aromatic carbocycles. The first kappa shape index (κ1) is 13.8. The van der Waals surface area contributed by atoms with E-state index in [1.807, 2.05) is 12.1 Å². The molecular formula is C12H17BrN2O2S. The molecule has 0 atom stereocenters. The number of anilines is 1. The fourth-order valence-corrected chi connectivity index (χ4v) is 3.58. The molecule has 2 rings (SSSR count). The van der Waals surface area contributed by atoms with Crippen molar-refractivity contribution in [2.24, 2.45) is 0 Å². The zero-order valence-electron chi connectivity index (χ0n) is 10.1. The van der Waals surface area contributed by atoms with Gasteiger partial charge in [-0.2, -0.15) is 12.7 Å². The lowest BCUT2D eigenvalue weighted by molar-refractivity contribution is 0.427. The second-order valence-electron chi connectivity index (χ2n) is 4.43. The molecule has 6 heteroatoms. The van der Waals surface area contributed by atoms with Crippen LogP contribution in [0.3, 0.4) is 0 Å². The summed E-state index contributed by atoms with van der Waals surface area (Å²) in [6, 6.07) is 7.14. The summed E-state index contributed by atoms with van der Waals surface area (Å²) in [7, 11) is -3.40. The zero-order chi connectivity index (χ0) is 13.0. The maximum absolute atomic E-state index is 12.2. The molecular weight excluding hydrogens is 316 g/mol. The largest absolute Gasteiger partial charge is 0.301 e. The van der Waals surface area contributed by atoms with Gasteiger partial charge in [-0.05, 0) is 37.1 Å². The fraction of sp³-hybridized carbons (Fsp3) is 0.500. The minimum Gasteiger partial charge on any atom is -0.271 e. The van der Waals surface area contributed by atoms with Crippen molar-refractivity contribution in [2.45, 2.75) is 25.7 Å². The van der Waals surface area contributed by atoms with Crippen LogP contribution in [0.4, 0.5) is 5.69 Å². The van der Waals surface area contributed by atoms with Gasteiger partial charge in [-0.25, -0.2) is 0 Å². The summed E-state index contributed by atoms with van der Waals surface area (Å²) in [6.07, 6.45) is 4.12. The molecule has 1 aromatic rings. The lowest BCUT2D eigenvalue weighted by Gasteiger charge is -2.20. The molecule has 1 aliphatic rings. The first-order valence-electron chi connectivity index (χ1n) is 6.11. The van der Waals surface area contributed by atoms with Crippen LogP contribution < -0.4 is 4.72 Å². The Hall–Kier alpha value is -0.590. The molecule has 1 heterocycles. The third-order valence-corrected chi connectivity index (χ3v) is 5.06. The van der Waals surface area contributed by atoms with E-state index in [-0.39, 0.29) is 0 Å². The molecule has 0 aliphatic carbocycles. The monoisotopic (exact) mass is 332 g/mol. The van der Waals surface area contributed by atoms with E-state index in [9.17, 15) is 8.42 Å². The van der Waals surface area contributed by atoms with Crippen molar-refractivity contribution in [3.8, 4) is 0 Å². The molecule has 1 N–H and O–H groups in total. The minimum absolute atomic E-state index is 0.599. The topological polar surface area (TPSA) is 49.4 Å². The first-order chi connectivity index (χ1) is 8.58. The molecule has 1 saturated heterocycles. The Morgan fingerprint density at radius 1 is 1.00 bits per heavy atom. The lowest BCUT2D eigenvalue weighted by Crippen LogP contribution is -2.36. The zero-order valence-corrected chi connectivity index (χ0v) is 12.5. The number of halogens is 1.